The van der Waals surface area contributed by atoms with Crippen LogP contribution in [0.15, 0.2) is 41.4 Å². The monoisotopic (exact) mass is 376 g/mol. The zero-order chi connectivity index (χ0) is 18.3. The largest absolute Gasteiger partial charge is 0.487 e. The second-order valence-electron chi connectivity index (χ2n) is 6.31. The van der Waals surface area contributed by atoms with Crippen LogP contribution in [0.4, 0.5) is 4.39 Å². The molecule has 2 aliphatic heterocycles. The molecular formula is C19H18ClFN2O3. The number of nitrogens with two attached hydrogens (primary N) is 1. The van der Waals surface area contributed by atoms with Gasteiger partial charge in [0.2, 0.25) is 0 Å². The molecule has 26 heavy (non-hydrogen) atoms. The lowest BCUT2D eigenvalue weighted by molar-refractivity contribution is 0.0207. The van der Waals surface area contributed by atoms with Crippen molar-refractivity contribution in [2.24, 2.45) is 10.7 Å². The second kappa shape index (κ2) is 6.78. The molecule has 0 saturated carbocycles. The Kier molecular flexibility index (Phi) is 4.46. The fraction of sp³-hybridized carbons (Fsp3) is 0.316. The van der Waals surface area contributed by atoms with Crippen LogP contribution < -0.4 is 10.5 Å². The van der Waals surface area contributed by atoms with Crippen molar-refractivity contribution in [3.05, 3.63) is 52.8 Å². The molecule has 1 fully saturated rings. The number of rotatable bonds is 2. The van der Waals surface area contributed by atoms with E-state index in [2.05, 4.69) is 4.99 Å². The molecule has 1 saturated heterocycles. The molecule has 3 unspecified atom stereocenters. The lowest BCUT2D eigenvalue weighted by Crippen LogP contribution is -2.37. The number of fused-ring (bicyclic) bond motifs is 2. The third-order valence-electron chi connectivity index (χ3n) is 4.67. The Balaban J connectivity index is 1.81. The van der Waals surface area contributed by atoms with Gasteiger partial charge in [-0.05, 0) is 41.5 Å². The summed E-state index contributed by atoms with van der Waals surface area (Å²) in [7, 11) is 1.47. The Morgan fingerprint density at radius 3 is 2.88 bits per heavy atom. The number of ether oxygens (including phenoxy) is 3. The van der Waals surface area contributed by atoms with E-state index in [1.54, 1.807) is 6.07 Å². The van der Waals surface area contributed by atoms with Crippen LogP contribution in [-0.2, 0) is 9.47 Å². The summed E-state index contributed by atoms with van der Waals surface area (Å²) in [6.07, 6.45) is 0.488. The molecule has 7 heteroatoms. The van der Waals surface area contributed by atoms with Crippen molar-refractivity contribution < 1.29 is 18.6 Å². The van der Waals surface area contributed by atoms with Crippen molar-refractivity contribution in [2.75, 3.05) is 13.7 Å². The highest BCUT2D eigenvalue weighted by atomic mass is 35.5. The van der Waals surface area contributed by atoms with Crippen molar-refractivity contribution in [3.63, 3.8) is 0 Å². The summed E-state index contributed by atoms with van der Waals surface area (Å²) in [5.41, 5.74) is 8.10. The highest BCUT2D eigenvalue weighted by Crippen LogP contribution is 2.43. The Morgan fingerprint density at radius 1 is 1.27 bits per heavy atom. The Labute approximate surface area is 155 Å². The molecule has 2 heterocycles. The van der Waals surface area contributed by atoms with Gasteiger partial charge in [-0.3, -0.25) is 0 Å². The molecule has 0 radical (unpaired) electrons. The number of hydrogen-bond acceptors (Lipinski definition) is 4. The molecule has 4 rings (SSSR count). The highest BCUT2D eigenvalue weighted by Gasteiger charge is 2.43. The minimum Gasteiger partial charge on any atom is -0.487 e. The van der Waals surface area contributed by atoms with Gasteiger partial charge in [0, 0.05) is 17.0 Å². The third kappa shape index (κ3) is 3.10. The number of methoxy groups -OCH3 is 1. The summed E-state index contributed by atoms with van der Waals surface area (Å²) in [6.45, 7) is 0.606. The fourth-order valence-electron chi connectivity index (χ4n) is 3.47. The van der Waals surface area contributed by atoms with Gasteiger partial charge in [-0.2, -0.15) is 0 Å². The van der Waals surface area contributed by atoms with Gasteiger partial charge >= 0.3 is 0 Å². The topological polar surface area (TPSA) is 66.1 Å². The quantitative estimate of drug-likeness (QED) is 0.641. The molecule has 0 amide bonds. The van der Waals surface area contributed by atoms with E-state index in [0.29, 0.717) is 17.2 Å². The van der Waals surface area contributed by atoms with Gasteiger partial charge < -0.3 is 19.9 Å². The fourth-order valence-corrected chi connectivity index (χ4v) is 3.69. The van der Waals surface area contributed by atoms with E-state index in [9.17, 15) is 4.39 Å². The minimum absolute atomic E-state index is 0.0737. The summed E-state index contributed by atoms with van der Waals surface area (Å²) < 4.78 is 30.7. The van der Waals surface area contributed by atoms with Crippen molar-refractivity contribution in [1.29, 1.82) is 0 Å². The molecule has 2 N–H and O–H groups in total. The van der Waals surface area contributed by atoms with E-state index in [1.807, 2.05) is 18.2 Å². The van der Waals surface area contributed by atoms with Gasteiger partial charge in [-0.1, -0.05) is 17.7 Å². The molecule has 0 aromatic heterocycles. The van der Waals surface area contributed by atoms with Crippen LogP contribution in [0.3, 0.4) is 0 Å². The molecule has 2 aliphatic rings. The van der Waals surface area contributed by atoms with Crippen LogP contribution in [0, 0.1) is 5.82 Å². The first-order valence-electron chi connectivity index (χ1n) is 8.31. The lowest BCUT2D eigenvalue weighted by atomic mass is 9.91. The number of benzene rings is 2. The van der Waals surface area contributed by atoms with Gasteiger partial charge in [0.25, 0.3) is 6.02 Å². The smallest absolute Gasteiger partial charge is 0.282 e. The summed E-state index contributed by atoms with van der Waals surface area (Å²) in [6, 6.07) is 9.81. The maximum atomic E-state index is 13.7. The van der Waals surface area contributed by atoms with Crippen molar-refractivity contribution in [2.45, 2.75) is 24.7 Å². The number of halogens is 2. The summed E-state index contributed by atoms with van der Waals surface area (Å²) >= 11 is 5.99. The highest BCUT2D eigenvalue weighted by molar-refractivity contribution is 6.30. The first-order valence-corrected chi connectivity index (χ1v) is 8.69. The van der Waals surface area contributed by atoms with E-state index >= 15 is 0 Å². The van der Waals surface area contributed by atoms with Gasteiger partial charge in [-0.15, -0.1) is 0 Å². The van der Waals surface area contributed by atoms with E-state index in [4.69, 9.17) is 31.5 Å². The van der Waals surface area contributed by atoms with Gasteiger partial charge in [-0.25, -0.2) is 9.38 Å². The van der Waals surface area contributed by atoms with Crippen LogP contribution in [0.5, 0.6) is 5.75 Å². The van der Waals surface area contributed by atoms with Crippen LogP contribution in [0.1, 0.15) is 18.0 Å². The molecular weight excluding hydrogens is 359 g/mol. The molecule has 0 bridgehead atoms. The van der Waals surface area contributed by atoms with Crippen LogP contribution in [0.25, 0.3) is 11.1 Å². The average Bonchev–Trinajstić information content (AvgIpc) is 3.08. The average molecular weight is 377 g/mol. The molecule has 3 atom stereocenters. The third-order valence-corrected chi connectivity index (χ3v) is 4.89. The van der Waals surface area contributed by atoms with Crippen LogP contribution >= 0.6 is 11.6 Å². The van der Waals surface area contributed by atoms with Gasteiger partial charge in [0.15, 0.2) is 0 Å². The van der Waals surface area contributed by atoms with Gasteiger partial charge in [0.05, 0.1) is 13.7 Å². The Hall–Kier alpha value is -2.31. The Morgan fingerprint density at radius 2 is 2.12 bits per heavy atom. The first kappa shape index (κ1) is 17.1. The molecule has 2 aromatic carbocycles. The molecule has 2 aromatic rings. The normalized spacial score (nSPS) is 24.6. The SMILES string of the molecule is COC(N)=NC1c2cc(-c3cc(F)cc(Cl)c3)ccc2OC2CCOC21. The van der Waals surface area contributed by atoms with E-state index in [-0.39, 0.29) is 30.1 Å². The van der Waals surface area contributed by atoms with E-state index in [0.717, 1.165) is 23.3 Å². The predicted octanol–water partition coefficient (Wildman–Crippen LogP) is 3.70. The van der Waals surface area contributed by atoms with E-state index in [1.165, 1.54) is 19.2 Å². The molecule has 5 nitrogen and oxygen atoms in total. The predicted molar refractivity (Wildman–Crippen MR) is 97.0 cm³/mol. The molecule has 136 valence electrons. The van der Waals surface area contributed by atoms with Crippen molar-refractivity contribution in [1.82, 2.24) is 0 Å². The Bertz CT molecular complexity index is 854. The maximum absolute atomic E-state index is 13.7. The van der Waals surface area contributed by atoms with E-state index < -0.39 is 0 Å². The molecule has 0 aliphatic carbocycles. The number of nitrogens with zero attached hydrogens (tertiary/aromatic N) is 1. The van der Waals surface area contributed by atoms with Crippen LogP contribution in [0.2, 0.25) is 5.02 Å². The van der Waals surface area contributed by atoms with Crippen molar-refractivity contribution >= 4 is 17.6 Å². The number of amidine groups is 1. The second-order valence-corrected chi connectivity index (χ2v) is 6.74. The summed E-state index contributed by atoms with van der Waals surface area (Å²) in [4.78, 5) is 4.48. The maximum Gasteiger partial charge on any atom is 0.282 e. The zero-order valence-electron chi connectivity index (χ0n) is 14.1. The molecule has 0 spiro atoms. The van der Waals surface area contributed by atoms with Gasteiger partial charge in [0.1, 0.15) is 29.8 Å². The number of aliphatic imine (C=N–C) groups is 1. The zero-order valence-corrected chi connectivity index (χ0v) is 14.9. The lowest BCUT2D eigenvalue weighted by Gasteiger charge is -2.33. The minimum atomic E-state index is -0.390. The standard InChI is InChI=1S/C19H18ClFN2O3/c1-24-19(22)23-17-14-8-10(11-6-12(20)9-13(21)7-11)2-3-15(14)26-16-4-5-25-18(16)17/h2-3,6-9,16-18H,4-5H2,1H3,(H2,22,23). The number of hydrogen-bond donors (Lipinski definition) is 1. The first-order chi connectivity index (χ1) is 12.5. The van der Waals surface area contributed by atoms with Crippen molar-refractivity contribution in [3.8, 4) is 16.9 Å². The van der Waals surface area contributed by atoms with Crippen LogP contribution in [-0.4, -0.2) is 31.9 Å². The summed E-state index contributed by atoms with van der Waals surface area (Å²) in [5, 5.41) is 0.339. The summed E-state index contributed by atoms with van der Waals surface area (Å²) in [5.74, 6) is 0.333.